The molecule has 1 saturated heterocycles. The van der Waals surface area contributed by atoms with Crippen molar-refractivity contribution < 1.29 is 14.3 Å². The average molecular weight is 278 g/mol. The van der Waals surface area contributed by atoms with E-state index in [0.29, 0.717) is 12.5 Å². The van der Waals surface area contributed by atoms with Gasteiger partial charge in [-0.25, -0.2) is 4.98 Å². The number of aromatic nitrogens is 1. The zero-order chi connectivity index (χ0) is 14.4. The van der Waals surface area contributed by atoms with Crippen LogP contribution in [0.4, 0.5) is 0 Å². The van der Waals surface area contributed by atoms with Gasteiger partial charge in [-0.05, 0) is 32.4 Å². The molecule has 5 heteroatoms. The number of carbonyl (C=O) groups is 1. The number of pyridine rings is 1. The van der Waals surface area contributed by atoms with Crippen LogP contribution in [-0.2, 0) is 16.1 Å². The average Bonchev–Trinajstić information content (AvgIpc) is 2.48. The van der Waals surface area contributed by atoms with Crippen LogP contribution in [0.5, 0.6) is 5.88 Å². The zero-order valence-corrected chi connectivity index (χ0v) is 12.2. The molecular weight excluding hydrogens is 256 g/mol. The van der Waals surface area contributed by atoms with Gasteiger partial charge in [-0.3, -0.25) is 9.69 Å². The Hall–Kier alpha value is -1.62. The summed E-state index contributed by atoms with van der Waals surface area (Å²) in [5, 5.41) is 0. The van der Waals surface area contributed by atoms with E-state index in [9.17, 15) is 4.79 Å². The number of esters is 1. The van der Waals surface area contributed by atoms with E-state index in [2.05, 4.69) is 9.88 Å². The first-order valence-corrected chi connectivity index (χ1v) is 7.12. The highest BCUT2D eigenvalue weighted by atomic mass is 16.5. The second-order valence-corrected chi connectivity index (χ2v) is 5.00. The first kappa shape index (κ1) is 14.8. The predicted molar refractivity (Wildman–Crippen MR) is 75.4 cm³/mol. The minimum Gasteiger partial charge on any atom is -0.481 e. The van der Waals surface area contributed by atoms with Crippen LogP contribution >= 0.6 is 0 Å². The van der Waals surface area contributed by atoms with E-state index in [-0.39, 0.29) is 11.9 Å². The molecule has 0 aliphatic carbocycles. The topological polar surface area (TPSA) is 51.7 Å². The van der Waals surface area contributed by atoms with Gasteiger partial charge in [0, 0.05) is 19.2 Å². The van der Waals surface area contributed by atoms with Crippen LogP contribution in [0.25, 0.3) is 0 Å². The first-order valence-electron chi connectivity index (χ1n) is 7.12. The molecular formula is C15H22N2O3. The lowest BCUT2D eigenvalue weighted by molar-refractivity contribution is -0.150. The molecule has 0 amide bonds. The monoisotopic (exact) mass is 278 g/mol. The second-order valence-electron chi connectivity index (χ2n) is 5.00. The Kier molecular flexibility index (Phi) is 5.35. The van der Waals surface area contributed by atoms with Crippen LogP contribution in [0.15, 0.2) is 18.2 Å². The van der Waals surface area contributed by atoms with E-state index in [0.717, 1.165) is 38.2 Å². The van der Waals surface area contributed by atoms with E-state index < -0.39 is 0 Å². The van der Waals surface area contributed by atoms with E-state index in [1.165, 1.54) is 0 Å². The third-order valence-corrected chi connectivity index (χ3v) is 3.50. The lowest BCUT2D eigenvalue weighted by Crippen LogP contribution is -2.39. The maximum Gasteiger partial charge on any atom is 0.310 e. The van der Waals surface area contributed by atoms with Crippen LogP contribution in [0.1, 0.15) is 25.5 Å². The molecule has 0 bridgehead atoms. The molecule has 20 heavy (non-hydrogen) atoms. The number of nitrogens with zero attached hydrogens (tertiary/aromatic N) is 2. The van der Waals surface area contributed by atoms with Gasteiger partial charge in [-0.1, -0.05) is 6.07 Å². The zero-order valence-electron chi connectivity index (χ0n) is 12.2. The maximum atomic E-state index is 11.8. The number of rotatable bonds is 5. The standard InChI is InChI=1S/C15H22N2O3/c1-3-20-15(18)12-6-5-9-17(10-12)11-13-7-4-8-14(16-13)19-2/h4,7-8,12H,3,5-6,9-11H2,1-2H3/t12-/m1/s1. The summed E-state index contributed by atoms with van der Waals surface area (Å²) in [4.78, 5) is 18.5. The van der Waals surface area contributed by atoms with Gasteiger partial charge in [0.1, 0.15) is 0 Å². The van der Waals surface area contributed by atoms with Crippen molar-refractivity contribution in [3.63, 3.8) is 0 Å². The predicted octanol–water partition coefficient (Wildman–Crippen LogP) is 1.87. The Morgan fingerprint density at radius 1 is 1.50 bits per heavy atom. The summed E-state index contributed by atoms with van der Waals surface area (Å²) in [5.41, 5.74) is 0.967. The number of ether oxygens (including phenoxy) is 2. The van der Waals surface area contributed by atoms with Gasteiger partial charge in [-0.2, -0.15) is 0 Å². The molecule has 0 aromatic carbocycles. The summed E-state index contributed by atoms with van der Waals surface area (Å²) >= 11 is 0. The van der Waals surface area contributed by atoms with Crippen LogP contribution in [0, 0.1) is 5.92 Å². The van der Waals surface area contributed by atoms with E-state index in [1.54, 1.807) is 7.11 Å². The Morgan fingerprint density at radius 3 is 3.10 bits per heavy atom. The normalized spacial score (nSPS) is 19.6. The van der Waals surface area contributed by atoms with Crippen molar-refractivity contribution in [1.82, 2.24) is 9.88 Å². The highest BCUT2D eigenvalue weighted by Crippen LogP contribution is 2.20. The molecule has 2 rings (SSSR count). The minimum absolute atomic E-state index is 0.00527. The molecule has 0 N–H and O–H groups in total. The number of carbonyl (C=O) groups excluding carboxylic acids is 1. The minimum atomic E-state index is -0.0733. The Morgan fingerprint density at radius 2 is 2.35 bits per heavy atom. The molecule has 0 radical (unpaired) electrons. The summed E-state index contributed by atoms with van der Waals surface area (Å²) < 4.78 is 10.2. The first-order chi connectivity index (χ1) is 9.72. The Bertz CT molecular complexity index is 450. The van der Waals surface area contributed by atoms with Crippen molar-refractivity contribution in [3.05, 3.63) is 23.9 Å². The lowest BCUT2D eigenvalue weighted by atomic mass is 9.98. The fraction of sp³-hybridized carbons (Fsp3) is 0.600. The van der Waals surface area contributed by atoms with Gasteiger partial charge in [0.15, 0.2) is 0 Å². The van der Waals surface area contributed by atoms with Crippen molar-refractivity contribution in [2.45, 2.75) is 26.3 Å². The molecule has 0 saturated carbocycles. The maximum absolute atomic E-state index is 11.8. The van der Waals surface area contributed by atoms with Crippen molar-refractivity contribution in [2.24, 2.45) is 5.92 Å². The number of hydrogen-bond acceptors (Lipinski definition) is 5. The van der Waals surface area contributed by atoms with Gasteiger partial charge in [0.25, 0.3) is 0 Å². The molecule has 2 heterocycles. The van der Waals surface area contributed by atoms with Crippen molar-refractivity contribution in [2.75, 3.05) is 26.8 Å². The fourth-order valence-electron chi connectivity index (χ4n) is 2.54. The van der Waals surface area contributed by atoms with Crippen molar-refractivity contribution >= 4 is 5.97 Å². The number of likely N-dealkylation sites (tertiary alicyclic amines) is 1. The third-order valence-electron chi connectivity index (χ3n) is 3.50. The number of piperidine rings is 1. The van der Waals surface area contributed by atoms with Gasteiger partial charge >= 0.3 is 5.97 Å². The molecule has 1 atom stereocenters. The van der Waals surface area contributed by atoms with E-state index in [1.807, 2.05) is 25.1 Å². The number of methoxy groups -OCH3 is 1. The number of hydrogen-bond donors (Lipinski definition) is 0. The molecule has 5 nitrogen and oxygen atoms in total. The lowest BCUT2D eigenvalue weighted by Gasteiger charge is -2.31. The largest absolute Gasteiger partial charge is 0.481 e. The molecule has 1 aliphatic rings. The van der Waals surface area contributed by atoms with Crippen LogP contribution < -0.4 is 4.74 Å². The van der Waals surface area contributed by atoms with Gasteiger partial charge in [-0.15, -0.1) is 0 Å². The summed E-state index contributed by atoms with van der Waals surface area (Å²) in [6, 6.07) is 5.76. The van der Waals surface area contributed by atoms with Gasteiger partial charge in [0.05, 0.1) is 25.3 Å². The highest BCUT2D eigenvalue weighted by molar-refractivity contribution is 5.72. The smallest absolute Gasteiger partial charge is 0.310 e. The Balaban J connectivity index is 1.93. The van der Waals surface area contributed by atoms with Crippen molar-refractivity contribution in [3.8, 4) is 5.88 Å². The molecule has 1 fully saturated rings. The Labute approximate surface area is 119 Å². The van der Waals surface area contributed by atoms with E-state index in [4.69, 9.17) is 9.47 Å². The summed E-state index contributed by atoms with van der Waals surface area (Å²) in [6.45, 7) is 4.78. The fourth-order valence-corrected chi connectivity index (χ4v) is 2.54. The van der Waals surface area contributed by atoms with Gasteiger partial charge in [0.2, 0.25) is 5.88 Å². The molecule has 0 spiro atoms. The molecule has 110 valence electrons. The van der Waals surface area contributed by atoms with Crippen LogP contribution in [-0.4, -0.2) is 42.7 Å². The highest BCUT2D eigenvalue weighted by Gasteiger charge is 2.26. The van der Waals surface area contributed by atoms with Crippen LogP contribution in [0.2, 0.25) is 0 Å². The summed E-state index contributed by atoms with van der Waals surface area (Å²) in [7, 11) is 1.61. The molecule has 0 unspecified atom stereocenters. The van der Waals surface area contributed by atoms with E-state index >= 15 is 0 Å². The summed E-state index contributed by atoms with van der Waals surface area (Å²) in [6.07, 6.45) is 1.94. The van der Waals surface area contributed by atoms with Gasteiger partial charge < -0.3 is 9.47 Å². The van der Waals surface area contributed by atoms with Crippen molar-refractivity contribution in [1.29, 1.82) is 0 Å². The third kappa shape index (κ3) is 3.93. The summed E-state index contributed by atoms with van der Waals surface area (Å²) in [5.74, 6) is 0.548. The molecule has 1 aromatic rings. The SMILES string of the molecule is CCOC(=O)[C@@H]1CCCN(Cc2cccc(OC)n2)C1. The quantitative estimate of drug-likeness (QED) is 0.770. The molecule has 1 aromatic heterocycles. The molecule has 1 aliphatic heterocycles. The van der Waals surface area contributed by atoms with Crippen LogP contribution in [0.3, 0.4) is 0 Å². The second kappa shape index (κ2) is 7.24.